The predicted octanol–water partition coefficient (Wildman–Crippen LogP) is 1.83. The summed E-state index contributed by atoms with van der Waals surface area (Å²) in [6.07, 6.45) is 0.623. The summed E-state index contributed by atoms with van der Waals surface area (Å²) in [7, 11) is -3.71. The maximum absolute atomic E-state index is 12.5. The van der Waals surface area contributed by atoms with Gasteiger partial charge in [-0.1, -0.05) is 11.6 Å². The molecule has 19 heavy (non-hydrogen) atoms. The fraction of sp³-hybridized carbons (Fsp3) is 0.455. The van der Waals surface area contributed by atoms with E-state index >= 15 is 0 Å². The Morgan fingerprint density at radius 1 is 1.47 bits per heavy atom. The maximum Gasteiger partial charge on any atom is 0.244 e. The third-order valence-electron chi connectivity index (χ3n) is 3.01. The first-order valence-corrected chi connectivity index (χ1v) is 8.36. The summed E-state index contributed by atoms with van der Waals surface area (Å²) in [5, 5.41) is 9.86. The summed E-state index contributed by atoms with van der Waals surface area (Å²) >= 11 is 9.04. The quantitative estimate of drug-likeness (QED) is 0.779. The number of hydrogen-bond donors (Lipinski definition) is 2. The van der Waals surface area contributed by atoms with Crippen LogP contribution in [0.25, 0.3) is 0 Å². The van der Waals surface area contributed by atoms with Crippen LogP contribution in [0.1, 0.15) is 12.8 Å². The summed E-state index contributed by atoms with van der Waals surface area (Å²) in [5.41, 5.74) is 5.98. The number of halogens is 2. The van der Waals surface area contributed by atoms with Gasteiger partial charge in [-0.3, -0.25) is 0 Å². The van der Waals surface area contributed by atoms with Crippen molar-refractivity contribution in [3.8, 4) is 0 Å². The van der Waals surface area contributed by atoms with E-state index in [0.717, 1.165) is 0 Å². The monoisotopic (exact) mass is 368 g/mol. The van der Waals surface area contributed by atoms with E-state index in [0.29, 0.717) is 23.9 Å². The van der Waals surface area contributed by atoms with E-state index in [1.807, 2.05) is 0 Å². The molecule has 1 atom stereocenters. The molecule has 0 unspecified atom stereocenters. The zero-order valence-corrected chi connectivity index (χ0v) is 13.2. The molecule has 1 fully saturated rings. The highest BCUT2D eigenvalue weighted by atomic mass is 79.9. The number of β-amino-alcohol motifs (C(OH)–C–C–N with tert-alkyl or cyclic N) is 1. The Hall–Kier alpha value is -0.340. The highest BCUT2D eigenvalue weighted by Crippen LogP contribution is 2.34. The minimum Gasteiger partial charge on any atom is -0.398 e. The van der Waals surface area contributed by atoms with Gasteiger partial charge < -0.3 is 10.8 Å². The molecule has 0 radical (unpaired) electrons. The smallest absolute Gasteiger partial charge is 0.244 e. The lowest BCUT2D eigenvalue weighted by molar-refractivity contribution is 0.108. The summed E-state index contributed by atoms with van der Waals surface area (Å²) in [6.45, 7) is 0.486. The number of nitrogens with zero attached hydrogens (tertiary/aromatic N) is 1. The molecule has 0 amide bonds. The Bertz CT molecular complexity index is 594. The number of benzene rings is 1. The Morgan fingerprint density at radius 2 is 2.16 bits per heavy atom. The van der Waals surface area contributed by atoms with Gasteiger partial charge in [0.25, 0.3) is 0 Å². The molecular weight excluding hydrogens is 356 g/mol. The second kappa shape index (κ2) is 5.57. The number of piperidine rings is 1. The van der Waals surface area contributed by atoms with Gasteiger partial charge in [-0.25, -0.2) is 8.42 Å². The highest BCUT2D eigenvalue weighted by Gasteiger charge is 2.31. The predicted molar refractivity (Wildman–Crippen MR) is 77.6 cm³/mol. The standard InChI is InChI=1S/C11H14BrClN2O3S/c12-11-9(14)4-7(13)5-10(11)19(17,18)15-3-1-2-8(16)6-15/h4-5,8,16H,1-3,6,14H2/t8-/m0/s1. The molecule has 0 saturated carbocycles. The molecule has 1 aromatic carbocycles. The van der Waals surface area contributed by atoms with Crippen molar-refractivity contribution >= 4 is 43.2 Å². The van der Waals surface area contributed by atoms with Gasteiger partial charge in [-0.05, 0) is 40.9 Å². The zero-order valence-electron chi connectivity index (χ0n) is 10.0. The minimum atomic E-state index is -3.71. The number of sulfonamides is 1. The maximum atomic E-state index is 12.5. The third-order valence-corrected chi connectivity index (χ3v) is 6.26. The van der Waals surface area contributed by atoms with Crippen LogP contribution in [0, 0.1) is 0 Å². The fourth-order valence-corrected chi connectivity index (χ4v) is 4.82. The van der Waals surface area contributed by atoms with E-state index in [1.54, 1.807) is 0 Å². The van der Waals surface area contributed by atoms with Crippen molar-refractivity contribution in [2.24, 2.45) is 0 Å². The topological polar surface area (TPSA) is 83.6 Å². The Labute approximate surface area is 125 Å². The van der Waals surface area contributed by atoms with Gasteiger partial charge in [-0.2, -0.15) is 4.31 Å². The Kier molecular flexibility index (Phi) is 4.42. The van der Waals surface area contributed by atoms with Gasteiger partial charge in [0.2, 0.25) is 10.0 Å². The van der Waals surface area contributed by atoms with Crippen molar-refractivity contribution in [1.29, 1.82) is 0 Å². The summed E-state index contributed by atoms with van der Waals surface area (Å²) < 4.78 is 26.6. The molecule has 8 heteroatoms. The van der Waals surface area contributed by atoms with Crippen LogP contribution in [0.2, 0.25) is 5.02 Å². The molecule has 0 spiro atoms. The van der Waals surface area contributed by atoms with E-state index in [1.165, 1.54) is 16.4 Å². The molecule has 106 valence electrons. The number of hydrogen-bond acceptors (Lipinski definition) is 4. The third kappa shape index (κ3) is 3.05. The van der Waals surface area contributed by atoms with Crippen molar-refractivity contribution in [1.82, 2.24) is 4.31 Å². The molecule has 0 bridgehead atoms. The molecule has 0 aromatic heterocycles. The average molecular weight is 370 g/mol. The average Bonchev–Trinajstić information content (AvgIpc) is 2.33. The number of anilines is 1. The molecule has 2 rings (SSSR count). The second-order valence-electron chi connectivity index (χ2n) is 4.47. The molecule has 1 aliphatic rings. The number of rotatable bonds is 2. The molecule has 1 heterocycles. The molecule has 1 aromatic rings. The molecule has 0 aliphatic carbocycles. The van der Waals surface area contributed by atoms with Gasteiger partial charge in [-0.15, -0.1) is 0 Å². The molecule has 3 N–H and O–H groups in total. The largest absolute Gasteiger partial charge is 0.398 e. The fourth-order valence-electron chi connectivity index (χ4n) is 2.05. The van der Waals surface area contributed by atoms with Crippen molar-refractivity contribution in [2.45, 2.75) is 23.8 Å². The van der Waals surface area contributed by atoms with Crippen molar-refractivity contribution in [2.75, 3.05) is 18.8 Å². The minimum absolute atomic E-state index is 0.0339. The van der Waals surface area contributed by atoms with Crippen LogP contribution in [-0.4, -0.2) is 37.0 Å². The van der Waals surface area contributed by atoms with E-state index < -0.39 is 16.1 Å². The molecule has 1 saturated heterocycles. The number of aliphatic hydroxyl groups is 1. The van der Waals surface area contributed by atoms with Gasteiger partial charge in [0.05, 0.1) is 15.5 Å². The van der Waals surface area contributed by atoms with Crippen LogP contribution in [0.15, 0.2) is 21.5 Å². The molecule has 5 nitrogen and oxygen atoms in total. The van der Waals surface area contributed by atoms with Crippen LogP contribution in [0.4, 0.5) is 5.69 Å². The zero-order chi connectivity index (χ0) is 14.2. The number of nitrogens with two attached hydrogens (primary N) is 1. The van der Waals surface area contributed by atoms with E-state index in [9.17, 15) is 13.5 Å². The van der Waals surface area contributed by atoms with Crippen molar-refractivity contribution in [3.63, 3.8) is 0 Å². The normalized spacial score (nSPS) is 21.5. The SMILES string of the molecule is Nc1cc(Cl)cc(S(=O)(=O)N2CCC[C@H](O)C2)c1Br. The first kappa shape index (κ1) is 15.1. The highest BCUT2D eigenvalue weighted by molar-refractivity contribution is 9.10. The lowest BCUT2D eigenvalue weighted by Gasteiger charge is -2.29. The van der Waals surface area contributed by atoms with Crippen molar-refractivity contribution in [3.05, 3.63) is 21.6 Å². The summed E-state index contributed by atoms with van der Waals surface area (Å²) in [5.74, 6) is 0. The first-order valence-electron chi connectivity index (χ1n) is 5.75. The van der Waals surface area contributed by atoms with E-state index in [-0.39, 0.29) is 22.2 Å². The van der Waals surface area contributed by atoms with Gasteiger partial charge in [0, 0.05) is 23.8 Å². The molecular formula is C11H14BrClN2O3S. The van der Waals surface area contributed by atoms with E-state index in [2.05, 4.69) is 15.9 Å². The molecule has 1 aliphatic heterocycles. The lowest BCUT2D eigenvalue weighted by Crippen LogP contribution is -2.42. The lowest BCUT2D eigenvalue weighted by atomic mass is 10.1. The Morgan fingerprint density at radius 3 is 2.79 bits per heavy atom. The Balaban J connectivity index is 2.45. The number of nitrogen functional groups attached to an aromatic ring is 1. The summed E-state index contributed by atoms with van der Waals surface area (Å²) in [4.78, 5) is 0.0339. The van der Waals surface area contributed by atoms with Gasteiger partial charge in [0.1, 0.15) is 0 Å². The van der Waals surface area contributed by atoms with Crippen LogP contribution in [0.5, 0.6) is 0 Å². The van der Waals surface area contributed by atoms with Crippen LogP contribution >= 0.6 is 27.5 Å². The van der Waals surface area contributed by atoms with Crippen LogP contribution in [-0.2, 0) is 10.0 Å². The first-order chi connectivity index (χ1) is 8.82. The van der Waals surface area contributed by atoms with Crippen LogP contribution < -0.4 is 5.73 Å². The van der Waals surface area contributed by atoms with Crippen molar-refractivity contribution < 1.29 is 13.5 Å². The summed E-state index contributed by atoms with van der Waals surface area (Å²) in [6, 6.07) is 2.84. The van der Waals surface area contributed by atoms with Gasteiger partial charge >= 0.3 is 0 Å². The number of aliphatic hydroxyl groups excluding tert-OH is 1. The van der Waals surface area contributed by atoms with Crippen LogP contribution in [0.3, 0.4) is 0 Å². The van der Waals surface area contributed by atoms with E-state index in [4.69, 9.17) is 17.3 Å². The second-order valence-corrected chi connectivity index (χ2v) is 7.60. The van der Waals surface area contributed by atoms with Gasteiger partial charge in [0.15, 0.2) is 0 Å².